The van der Waals surface area contributed by atoms with Crippen LogP contribution in [0.3, 0.4) is 0 Å². The van der Waals surface area contributed by atoms with Crippen LogP contribution in [0.25, 0.3) is 0 Å². The number of nitrogens with one attached hydrogen (secondary N) is 1. The average Bonchev–Trinajstić information content (AvgIpc) is 2.32. The quantitative estimate of drug-likeness (QED) is 0.841. The zero-order valence-electron chi connectivity index (χ0n) is 13.2. The van der Waals surface area contributed by atoms with Crippen molar-refractivity contribution in [1.82, 2.24) is 5.32 Å². The van der Waals surface area contributed by atoms with Gasteiger partial charge in [-0.3, -0.25) is 0 Å². The average molecular weight is 259 g/mol. The minimum absolute atomic E-state index is 0.714. The number of hydrogen-bond donors (Lipinski definition) is 1. The zero-order valence-corrected chi connectivity index (χ0v) is 13.2. The maximum absolute atomic E-state index is 3.79. The first-order valence-corrected chi connectivity index (χ1v) is 7.77. The number of aryl methyl sites for hydroxylation is 3. The molecule has 19 heavy (non-hydrogen) atoms. The molecule has 0 spiro atoms. The van der Waals surface area contributed by atoms with Crippen molar-refractivity contribution in [2.45, 2.75) is 66.5 Å². The Morgan fingerprint density at radius 2 is 1.63 bits per heavy atom. The molecule has 0 radical (unpaired) electrons. The molecule has 1 aliphatic rings. The summed E-state index contributed by atoms with van der Waals surface area (Å²) in [5.74, 6) is 1.77. The molecule has 106 valence electrons. The highest BCUT2D eigenvalue weighted by atomic mass is 14.9. The summed E-state index contributed by atoms with van der Waals surface area (Å²) >= 11 is 0. The van der Waals surface area contributed by atoms with Crippen molar-refractivity contribution in [1.29, 1.82) is 0 Å². The smallest absolute Gasteiger partial charge is 0.0213 e. The highest BCUT2D eigenvalue weighted by molar-refractivity contribution is 5.37. The van der Waals surface area contributed by atoms with Gasteiger partial charge in [-0.05, 0) is 68.6 Å². The third-order valence-electron chi connectivity index (χ3n) is 5.01. The van der Waals surface area contributed by atoms with E-state index in [4.69, 9.17) is 0 Å². The van der Waals surface area contributed by atoms with E-state index in [-0.39, 0.29) is 0 Å². The summed E-state index contributed by atoms with van der Waals surface area (Å²) in [5.41, 5.74) is 5.74. The molecule has 3 atom stereocenters. The van der Waals surface area contributed by atoms with Crippen LogP contribution in [0.1, 0.15) is 55.4 Å². The summed E-state index contributed by atoms with van der Waals surface area (Å²) in [6.07, 6.45) is 4.06. The second kappa shape index (κ2) is 6.09. The summed E-state index contributed by atoms with van der Waals surface area (Å²) in [4.78, 5) is 0. The Hall–Kier alpha value is -0.820. The Balaban J connectivity index is 1.96. The van der Waals surface area contributed by atoms with Crippen LogP contribution in [-0.2, 0) is 6.54 Å². The molecule has 0 bridgehead atoms. The minimum atomic E-state index is 0.714. The standard InChI is InChI=1S/C18H29N/c1-12-8-15(4)18(16(5)9-12)11-19-17-7-6-13(2)14(3)10-17/h8-9,13-14,17,19H,6-7,10-11H2,1-5H3. The van der Waals surface area contributed by atoms with Crippen molar-refractivity contribution < 1.29 is 0 Å². The molecule has 0 saturated heterocycles. The summed E-state index contributed by atoms with van der Waals surface area (Å²) in [7, 11) is 0. The van der Waals surface area contributed by atoms with E-state index in [9.17, 15) is 0 Å². The summed E-state index contributed by atoms with van der Waals surface area (Å²) in [6, 6.07) is 5.32. The molecule has 1 nitrogen and oxygen atoms in total. The molecule has 1 aliphatic carbocycles. The van der Waals surface area contributed by atoms with E-state index in [1.54, 1.807) is 0 Å². The van der Waals surface area contributed by atoms with Gasteiger partial charge in [0.15, 0.2) is 0 Å². The highest BCUT2D eigenvalue weighted by Crippen LogP contribution is 2.29. The summed E-state index contributed by atoms with van der Waals surface area (Å²) in [5, 5.41) is 3.79. The predicted molar refractivity (Wildman–Crippen MR) is 83.5 cm³/mol. The van der Waals surface area contributed by atoms with Gasteiger partial charge in [-0.25, -0.2) is 0 Å². The van der Waals surface area contributed by atoms with E-state index < -0.39 is 0 Å². The number of rotatable bonds is 3. The monoisotopic (exact) mass is 259 g/mol. The van der Waals surface area contributed by atoms with Crippen molar-refractivity contribution in [2.75, 3.05) is 0 Å². The summed E-state index contributed by atoms with van der Waals surface area (Å²) < 4.78 is 0. The molecule has 2 rings (SSSR count). The molecule has 1 aromatic rings. The first kappa shape index (κ1) is 14.6. The van der Waals surface area contributed by atoms with Crippen molar-refractivity contribution in [3.05, 3.63) is 34.4 Å². The molecular weight excluding hydrogens is 230 g/mol. The highest BCUT2D eigenvalue weighted by Gasteiger charge is 2.24. The molecule has 0 aromatic heterocycles. The molecule has 0 amide bonds. The van der Waals surface area contributed by atoms with Crippen molar-refractivity contribution in [2.24, 2.45) is 11.8 Å². The lowest BCUT2D eigenvalue weighted by Gasteiger charge is -2.33. The van der Waals surface area contributed by atoms with Crippen molar-refractivity contribution >= 4 is 0 Å². The van der Waals surface area contributed by atoms with Crippen molar-refractivity contribution in [3.8, 4) is 0 Å². The normalized spacial score (nSPS) is 27.5. The largest absolute Gasteiger partial charge is 0.310 e. The van der Waals surface area contributed by atoms with Crippen LogP contribution in [0.15, 0.2) is 12.1 Å². The van der Waals surface area contributed by atoms with E-state index in [2.05, 4.69) is 52.1 Å². The van der Waals surface area contributed by atoms with Gasteiger partial charge in [0.2, 0.25) is 0 Å². The van der Waals surface area contributed by atoms with Gasteiger partial charge in [-0.15, -0.1) is 0 Å². The maximum Gasteiger partial charge on any atom is 0.0213 e. The molecular formula is C18H29N. The van der Waals surface area contributed by atoms with Crippen LogP contribution >= 0.6 is 0 Å². The Morgan fingerprint density at radius 3 is 2.21 bits per heavy atom. The zero-order chi connectivity index (χ0) is 14.0. The minimum Gasteiger partial charge on any atom is -0.310 e. The van der Waals surface area contributed by atoms with Crippen LogP contribution in [0.2, 0.25) is 0 Å². The van der Waals surface area contributed by atoms with E-state index in [0.29, 0.717) is 6.04 Å². The molecule has 3 unspecified atom stereocenters. The van der Waals surface area contributed by atoms with Crippen LogP contribution in [0.5, 0.6) is 0 Å². The van der Waals surface area contributed by atoms with Gasteiger partial charge in [0.25, 0.3) is 0 Å². The van der Waals surface area contributed by atoms with Gasteiger partial charge in [0.1, 0.15) is 0 Å². The van der Waals surface area contributed by atoms with E-state index in [1.165, 1.54) is 41.5 Å². The molecule has 1 heteroatoms. The van der Waals surface area contributed by atoms with E-state index in [0.717, 1.165) is 18.4 Å². The predicted octanol–water partition coefficient (Wildman–Crippen LogP) is 4.53. The van der Waals surface area contributed by atoms with Gasteiger partial charge < -0.3 is 5.32 Å². The number of hydrogen-bond acceptors (Lipinski definition) is 1. The molecule has 1 N–H and O–H groups in total. The van der Waals surface area contributed by atoms with Gasteiger partial charge in [0, 0.05) is 12.6 Å². The second-order valence-corrected chi connectivity index (χ2v) is 6.72. The molecule has 1 aromatic carbocycles. The van der Waals surface area contributed by atoms with Gasteiger partial charge in [0.05, 0.1) is 0 Å². The molecule has 0 aliphatic heterocycles. The van der Waals surface area contributed by atoms with Crippen molar-refractivity contribution in [3.63, 3.8) is 0 Å². The van der Waals surface area contributed by atoms with E-state index >= 15 is 0 Å². The molecule has 1 saturated carbocycles. The first-order chi connectivity index (χ1) is 8.97. The molecule has 1 fully saturated rings. The third-order valence-corrected chi connectivity index (χ3v) is 5.01. The Morgan fingerprint density at radius 1 is 1.00 bits per heavy atom. The lowest BCUT2D eigenvalue weighted by molar-refractivity contribution is 0.225. The third kappa shape index (κ3) is 3.60. The summed E-state index contributed by atoms with van der Waals surface area (Å²) in [6.45, 7) is 12.5. The lowest BCUT2D eigenvalue weighted by atomic mass is 9.79. The van der Waals surface area contributed by atoms with Gasteiger partial charge in [-0.1, -0.05) is 31.5 Å². The Labute approximate surface area is 118 Å². The van der Waals surface area contributed by atoms with Crippen LogP contribution in [-0.4, -0.2) is 6.04 Å². The van der Waals surface area contributed by atoms with Gasteiger partial charge in [-0.2, -0.15) is 0 Å². The van der Waals surface area contributed by atoms with Gasteiger partial charge >= 0.3 is 0 Å². The first-order valence-electron chi connectivity index (χ1n) is 7.77. The molecule has 0 heterocycles. The topological polar surface area (TPSA) is 12.0 Å². The fourth-order valence-electron chi connectivity index (χ4n) is 3.47. The Kier molecular flexibility index (Phi) is 4.67. The maximum atomic E-state index is 3.79. The fraction of sp³-hybridized carbons (Fsp3) is 0.667. The van der Waals surface area contributed by atoms with Crippen LogP contribution in [0, 0.1) is 32.6 Å². The number of benzene rings is 1. The van der Waals surface area contributed by atoms with Crippen LogP contribution in [0.4, 0.5) is 0 Å². The second-order valence-electron chi connectivity index (χ2n) is 6.72. The van der Waals surface area contributed by atoms with E-state index in [1.807, 2.05) is 0 Å². The van der Waals surface area contributed by atoms with Crippen LogP contribution < -0.4 is 5.32 Å². The SMILES string of the molecule is Cc1cc(C)c(CNC2CCC(C)C(C)C2)c(C)c1. The fourth-order valence-corrected chi connectivity index (χ4v) is 3.47. The Bertz CT molecular complexity index is 412. The lowest BCUT2D eigenvalue weighted by Crippen LogP contribution is -2.36.